The van der Waals surface area contributed by atoms with Crippen molar-refractivity contribution in [3.05, 3.63) is 78.4 Å². The smallest absolute Gasteiger partial charge is 0.151 e. The Kier molecular flexibility index (Phi) is 4.61. The molecule has 1 saturated heterocycles. The number of rotatable bonds is 5. The van der Waals surface area contributed by atoms with Crippen LogP contribution in [0.1, 0.15) is 17.7 Å². The summed E-state index contributed by atoms with van der Waals surface area (Å²) in [5.41, 5.74) is 12.7. The van der Waals surface area contributed by atoms with Gasteiger partial charge < -0.3 is 11.1 Å². The molecule has 1 fully saturated rings. The third-order valence-corrected chi connectivity index (χ3v) is 6.37. The van der Waals surface area contributed by atoms with Crippen molar-refractivity contribution in [2.45, 2.75) is 19.4 Å². The maximum atomic E-state index is 6.31. The van der Waals surface area contributed by atoms with Crippen LogP contribution < -0.4 is 11.1 Å². The van der Waals surface area contributed by atoms with E-state index >= 15 is 0 Å². The van der Waals surface area contributed by atoms with Gasteiger partial charge in [0.2, 0.25) is 0 Å². The first-order valence-corrected chi connectivity index (χ1v) is 11.1. The number of anilines is 1. The van der Waals surface area contributed by atoms with Crippen molar-refractivity contribution in [1.82, 2.24) is 29.7 Å². The molecule has 4 heterocycles. The number of benzene rings is 2. The number of nitrogens with two attached hydrogens (primary N) is 1. The molecule has 1 unspecified atom stereocenters. The van der Waals surface area contributed by atoms with E-state index in [0.717, 1.165) is 53.6 Å². The number of nitrogens with one attached hydrogen (secondary N) is 1. The highest BCUT2D eigenvalue weighted by Crippen LogP contribution is 2.33. The summed E-state index contributed by atoms with van der Waals surface area (Å²) in [6.07, 6.45) is 5.80. The molecule has 0 aliphatic carbocycles. The summed E-state index contributed by atoms with van der Waals surface area (Å²) in [5.74, 6) is 1.12. The monoisotopic (exact) mass is 423 g/mol. The van der Waals surface area contributed by atoms with Crippen LogP contribution in [0, 0.1) is 5.92 Å². The lowest BCUT2D eigenvalue weighted by atomic mass is 10.0. The van der Waals surface area contributed by atoms with Crippen molar-refractivity contribution >= 4 is 22.2 Å². The molecular formula is C25H25N7. The van der Waals surface area contributed by atoms with Crippen molar-refractivity contribution < 1.29 is 0 Å². The number of nitrogen functional groups attached to an aromatic ring is 1. The van der Waals surface area contributed by atoms with E-state index in [1.54, 1.807) is 0 Å². The van der Waals surface area contributed by atoms with Gasteiger partial charge in [-0.1, -0.05) is 42.5 Å². The Hall–Kier alpha value is -3.71. The number of fused-ring (bicyclic) bond motifs is 2. The van der Waals surface area contributed by atoms with Gasteiger partial charge in [0.05, 0.1) is 12.1 Å². The molecule has 1 aliphatic heterocycles. The predicted octanol–water partition coefficient (Wildman–Crippen LogP) is 3.53. The Morgan fingerprint density at radius 2 is 2.00 bits per heavy atom. The summed E-state index contributed by atoms with van der Waals surface area (Å²) in [6.45, 7) is 2.88. The van der Waals surface area contributed by atoms with Crippen molar-refractivity contribution in [3.8, 4) is 11.1 Å². The van der Waals surface area contributed by atoms with Crippen LogP contribution in [0.3, 0.4) is 0 Å². The molecule has 0 bridgehead atoms. The van der Waals surface area contributed by atoms with Crippen LogP contribution in [-0.4, -0.2) is 37.5 Å². The second-order valence-electron chi connectivity index (χ2n) is 8.60. The molecule has 6 rings (SSSR count). The van der Waals surface area contributed by atoms with E-state index in [1.807, 2.05) is 15.3 Å². The van der Waals surface area contributed by atoms with Gasteiger partial charge >= 0.3 is 0 Å². The summed E-state index contributed by atoms with van der Waals surface area (Å²) in [5, 5.41) is 13.9. The molecule has 0 saturated carbocycles. The normalized spacial score (nSPS) is 16.3. The zero-order valence-corrected chi connectivity index (χ0v) is 17.8. The quantitative estimate of drug-likeness (QED) is 0.452. The first-order chi connectivity index (χ1) is 15.7. The number of hydrogen-bond acceptors (Lipinski definition) is 5. The van der Waals surface area contributed by atoms with Gasteiger partial charge in [0.15, 0.2) is 5.82 Å². The van der Waals surface area contributed by atoms with E-state index in [4.69, 9.17) is 10.8 Å². The summed E-state index contributed by atoms with van der Waals surface area (Å²) in [7, 11) is 0. The van der Waals surface area contributed by atoms with Gasteiger partial charge in [-0.3, -0.25) is 4.68 Å². The summed E-state index contributed by atoms with van der Waals surface area (Å²) >= 11 is 0. The second kappa shape index (κ2) is 7.76. The average Bonchev–Trinajstić information content (AvgIpc) is 3.54. The van der Waals surface area contributed by atoms with Crippen LogP contribution in [0.2, 0.25) is 0 Å². The lowest BCUT2D eigenvalue weighted by Gasteiger charge is -2.07. The van der Waals surface area contributed by atoms with E-state index in [1.165, 1.54) is 24.0 Å². The zero-order chi connectivity index (χ0) is 21.5. The number of hydrogen-bond donors (Lipinski definition) is 2. The molecule has 1 atom stereocenters. The van der Waals surface area contributed by atoms with Gasteiger partial charge in [-0.25, -0.2) is 9.50 Å². The maximum absolute atomic E-state index is 6.31. The molecule has 32 heavy (non-hydrogen) atoms. The molecule has 160 valence electrons. The van der Waals surface area contributed by atoms with E-state index < -0.39 is 0 Å². The average molecular weight is 424 g/mol. The highest BCUT2D eigenvalue weighted by Gasteiger charge is 2.21. The first-order valence-electron chi connectivity index (χ1n) is 11.1. The highest BCUT2D eigenvalue weighted by atomic mass is 15.3. The Labute approximate surface area is 185 Å². The second-order valence-corrected chi connectivity index (χ2v) is 8.60. The Morgan fingerprint density at radius 3 is 2.84 bits per heavy atom. The van der Waals surface area contributed by atoms with Crippen LogP contribution in [0.25, 0.3) is 27.5 Å². The fourth-order valence-electron chi connectivity index (χ4n) is 4.77. The first kappa shape index (κ1) is 19.0. The van der Waals surface area contributed by atoms with Gasteiger partial charge in [0.25, 0.3) is 0 Å². The van der Waals surface area contributed by atoms with Crippen LogP contribution in [0.5, 0.6) is 0 Å². The van der Waals surface area contributed by atoms with Gasteiger partial charge in [0.1, 0.15) is 11.8 Å². The maximum Gasteiger partial charge on any atom is 0.151 e. The van der Waals surface area contributed by atoms with E-state index in [9.17, 15) is 0 Å². The number of nitrogens with zero attached hydrogens (tertiary/aromatic N) is 5. The summed E-state index contributed by atoms with van der Waals surface area (Å²) < 4.78 is 3.96. The third-order valence-electron chi connectivity index (χ3n) is 6.37. The molecule has 3 N–H and O–H groups in total. The molecular weight excluding hydrogens is 398 g/mol. The Bertz CT molecular complexity index is 1390. The van der Waals surface area contributed by atoms with Gasteiger partial charge in [0, 0.05) is 22.8 Å². The topological polar surface area (TPSA) is 86.1 Å². The van der Waals surface area contributed by atoms with Crippen LogP contribution in [-0.2, 0) is 13.0 Å². The molecule has 0 radical (unpaired) electrons. The standard InChI is InChI=1S/C25H25N7/c26-25-24-22(12-21(32(24)29-16-28-25)10-18-8-9-27-13-18)19-6-7-20-15-31(30-23(20)11-19)14-17-4-2-1-3-5-17/h1-7,11-12,15-16,18,27H,8-10,13-14H2,(H2,26,28,29). The minimum absolute atomic E-state index is 0.500. The Morgan fingerprint density at radius 1 is 1.09 bits per heavy atom. The molecule has 1 aliphatic rings. The van der Waals surface area contributed by atoms with Gasteiger partial charge in [-0.2, -0.15) is 10.2 Å². The SMILES string of the molecule is Nc1ncnn2c(CC3CCNC3)cc(-c3ccc4cn(Cc5ccccc5)nc4c3)c12. The summed E-state index contributed by atoms with van der Waals surface area (Å²) in [4.78, 5) is 4.27. The summed E-state index contributed by atoms with van der Waals surface area (Å²) in [6, 6.07) is 19.0. The van der Waals surface area contributed by atoms with Crippen molar-refractivity contribution in [3.63, 3.8) is 0 Å². The van der Waals surface area contributed by atoms with Crippen molar-refractivity contribution in [2.24, 2.45) is 5.92 Å². The molecule has 7 nitrogen and oxygen atoms in total. The molecule has 2 aromatic carbocycles. The molecule has 5 aromatic rings. The van der Waals surface area contributed by atoms with Crippen molar-refractivity contribution in [1.29, 1.82) is 0 Å². The predicted molar refractivity (Wildman–Crippen MR) is 126 cm³/mol. The molecule has 0 amide bonds. The van der Waals surface area contributed by atoms with Crippen LogP contribution in [0.15, 0.2) is 67.1 Å². The van der Waals surface area contributed by atoms with Gasteiger partial charge in [-0.15, -0.1) is 0 Å². The van der Waals surface area contributed by atoms with Crippen LogP contribution in [0.4, 0.5) is 5.82 Å². The third kappa shape index (κ3) is 3.40. The zero-order valence-electron chi connectivity index (χ0n) is 17.8. The van der Waals surface area contributed by atoms with Gasteiger partial charge in [-0.05, 0) is 55.1 Å². The van der Waals surface area contributed by atoms with E-state index in [0.29, 0.717) is 11.7 Å². The highest BCUT2D eigenvalue weighted by molar-refractivity contribution is 5.92. The van der Waals surface area contributed by atoms with E-state index in [2.05, 4.69) is 70.1 Å². The van der Waals surface area contributed by atoms with Crippen LogP contribution >= 0.6 is 0 Å². The fraction of sp³-hybridized carbons (Fsp3) is 0.240. The number of aromatic nitrogens is 5. The Balaban J connectivity index is 1.40. The lowest BCUT2D eigenvalue weighted by Crippen LogP contribution is -2.12. The lowest BCUT2D eigenvalue weighted by molar-refractivity contribution is 0.563. The molecule has 7 heteroatoms. The molecule has 3 aromatic heterocycles. The minimum Gasteiger partial charge on any atom is -0.382 e. The fourth-order valence-corrected chi connectivity index (χ4v) is 4.77. The molecule has 0 spiro atoms. The minimum atomic E-state index is 0.500. The van der Waals surface area contributed by atoms with Crippen molar-refractivity contribution in [2.75, 3.05) is 18.8 Å². The van der Waals surface area contributed by atoms with E-state index in [-0.39, 0.29) is 0 Å². The largest absolute Gasteiger partial charge is 0.382 e.